The molecule has 1 atom stereocenters. The van der Waals surface area contributed by atoms with Crippen molar-refractivity contribution < 1.29 is 9.59 Å². The lowest BCUT2D eigenvalue weighted by atomic mass is 9.99. The molecular weight excluding hydrogens is 770 g/mol. The Kier molecular flexibility index (Phi) is 10.2. The average molecular weight is 812 g/mol. The van der Waals surface area contributed by atoms with E-state index in [1.54, 1.807) is 17.5 Å². The third-order valence-corrected chi connectivity index (χ3v) is 12.1. The van der Waals surface area contributed by atoms with Crippen LogP contribution in [0.1, 0.15) is 92.7 Å². The number of carbonyl (C=O) groups excluding carboxylic acids is 2. The number of nitrogens with one attached hydrogen (secondary N) is 3. The van der Waals surface area contributed by atoms with Crippen molar-refractivity contribution in [3.05, 3.63) is 144 Å². The molecule has 0 aliphatic carbocycles. The number of halogens is 1. The molecule has 4 aromatic heterocycles. The molecule has 5 heterocycles. The van der Waals surface area contributed by atoms with Gasteiger partial charge in [-0.05, 0) is 113 Å². The summed E-state index contributed by atoms with van der Waals surface area (Å²) in [5.74, 6) is 0.778. The molecule has 58 heavy (non-hydrogen) atoms. The summed E-state index contributed by atoms with van der Waals surface area (Å²) in [5.41, 5.74) is 9.17. The molecule has 7 aromatic rings. The lowest BCUT2D eigenvalue weighted by Crippen LogP contribution is -2.28. The molecule has 1 aliphatic heterocycles. The Balaban J connectivity index is 1.07. The van der Waals surface area contributed by atoms with E-state index >= 15 is 0 Å². The van der Waals surface area contributed by atoms with Gasteiger partial charge >= 0.3 is 0 Å². The van der Waals surface area contributed by atoms with Gasteiger partial charge in [0.05, 0.1) is 29.4 Å². The smallest absolute Gasteiger partial charge is 0.253 e. The third kappa shape index (κ3) is 7.16. The minimum absolute atomic E-state index is 0.0340. The summed E-state index contributed by atoms with van der Waals surface area (Å²) in [6, 6.07) is 20.3. The number of aliphatic imine (C=N–C) groups is 1. The molecule has 8 rings (SSSR count). The van der Waals surface area contributed by atoms with Crippen molar-refractivity contribution in [2.24, 2.45) is 4.99 Å². The van der Waals surface area contributed by atoms with Crippen molar-refractivity contribution in [2.45, 2.75) is 73.5 Å². The van der Waals surface area contributed by atoms with E-state index in [-0.39, 0.29) is 36.4 Å². The zero-order valence-electron chi connectivity index (χ0n) is 33.2. The summed E-state index contributed by atoms with van der Waals surface area (Å²) in [5, 5.41) is 21.9. The van der Waals surface area contributed by atoms with E-state index in [1.807, 2.05) is 111 Å². The van der Waals surface area contributed by atoms with Crippen LogP contribution >= 0.6 is 22.9 Å². The molecule has 0 saturated heterocycles. The molecule has 0 bridgehead atoms. The fourth-order valence-corrected chi connectivity index (χ4v) is 8.88. The summed E-state index contributed by atoms with van der Waals surface area (Å²) in [4.78, 5) is 49.5. The quantitative estimate of drug-likeness (QED) is 0.133. The average Bonchev–Trinajstić information content (AvgIpc) is 3.85. The minimum Gasteiger partial charge on any atom is -0.348 e. The van der Waals surface area contributed by atoms with Crippen LogP contribution in [-0.2, 0) is 11.3 Å². The molecule has 0 fully saturated rings. The second-order valence-electron chi connectivity index (χ2n) is 15.0. The molecule has 3 N–H and O–H groups in total. The van der Waals surface area contributed by atoms with Crippen molar-refractivity contribution in [3.8, 4) is 16.1 Å². The number of aromatic amines is 1. The Hall–Kier alpha value is -6.18. The van der Waals surface area contributed by atoms with Crippen LogP contribution in [0.3, 0.4) is 0 Å². The Morgan fingerprint density at radius 2 is 1.66 bits per heavy atom. The van der Waals surface area contributed by atoms with Gasteiger partial charge in [-0.1, -0.05) is 35.9 Å². The van der Waals surface area contributed by atoms with Gasteiger partial charge in [-0.3, -0.25) is 28.6 Å². The maximum atomic E-state index is 13.8. The van der Waals surface area contributed by atoms with Gasteiger partial charge in [0.2, 0.25) is 5.91 Å². The van der Waals surface area contributed by atoms with E-state index in [1.165, 1.54) is 4.88 Å². The van der Waals surface area contributed by atoms with Gasteiger partial charge in [-0.2, -0.15) is 5.10 Å². The number of aromatic nitrogens is 6. The number of thiophene rings is 1. The number of aryl methyl sites for hydroxylation is 4. The molecule has 2 amide bonds. The molecule has 0 saturated carbocycles. The third-order valence-electron chi connectivity index (χ3n) is 10.6. The number of hydrogen-bond donors (Lipinski definition) is 3. The number of amides is 2. The number of carbonyl (C=O) groups is 2. The fourth-order valence-electron chi connectivity index (χ4n) is 7.54. The molecule has 14 heteroatoms. The van der Waals surface area contributed by atoms with Gasteiger partial charge in [0.25, 0.3) is 11.5 Å². The highest BCUT2D eigenvalue weighted by Gasteiger charge is 2.32. The summed E-state index contributed by atoms with van der Waals surface area (Å²) < 4.78 is 3.91. The zero-order valence-corrected chi connectivity index (χ0v) is 34.8. The van der Waals surface area contributed by atoms with E-state index in [0.717, 1.165) is 61.1 Å². The summed E-state index contributed by atoms with van der Waals surface area (Å²) in [7, 11) is 0. The number of anilines is 1. The predicted molar refractivity (Wildman–Crippen MR) is 230 cm³/mol. The normalized spacial score (nSPS) is 13.6. The molecular formula is C44H42ClN9O3S. The van der Waals surface area contributed by atoms with Crippen LogP contribution in [0.4, 0.5) is 5.69 Å². The van der Waals surface area contributed by atoms with Crippen molar-refractivity contribution in [3.63, 3.8) is 0 Å². The molecule has 294 valence electrons. The highest BCUT2D eigenvalue weighted by molar-refractivity contribution is 7.15. The standard InChI is InChI=1S/C44H42ClN9O3S/c1-22(2)54-37-18-30(17-33(35(37)21-47-54)42(56)46-20-34-23(3)16-24(4)48-43(34)57)28-10-14-32(15-11-28)49-38(55)19-36-41-52-51-27(7)53(41)44-39(25(5)26(6)58-44)40(50-36)29-8-12-31(45)13-9-29/h8-18,21-22,36H,19-20H2,1-7H3,(H,46,56)(H,48,57)(H,49,55)/t36-/m0/s1. The van der Waals surface area contributed by atoms with Crippen molar-refractivity contribution in [2.75, 3.05) is 5.32 Å². The zero-order chi connectivity index (χ0) is 41.0. The van der Waals surface area contributed by atoms with Crippen LogP contribution in [0.5, 0.6) is 0 Å². The van der Waals surface area contributed by atoms with Crippen LogP contribution in [0.2, 0.25) is 5.02 Å². The minimum atomic E-state index is -0.610. The van der Waals surface area contributed by atoms with Crippen LogP contribution in [-0.4, -0.2) is 47.1 Å². The van der Waals surface area contributed by atoms with Crippen LogP contribution in [0, 0.1) is 34.6 Å². The molecule has 0 spiro atoms. The second kappa shape index (κ2) is 15.3. The Labute approximate surface area is 344 Å². The number of pyridine rings is 1. The lowest BCUT2D eigenvalue weighted by molar-refractivity contribution is -0.116. The maximum Gasteiger partial charge on any atom is 0.253 e. The number of H-pyrrole nitrogens is 1. The largest absolute Gasteiger partial charge is 0.348 e. The van der Waals surface area contributed by atoms with E-state index in [4.69, 9.17) is 16.6 Å². The predicted octanol–water partition coefficient (Wildman–Crippen LogP) is 8.66. The van der Waals surface area contributed by atoms with Crippen molar-refractivity contribution in [1.82, 2.24) is 34.8 Å². The van der Waals surface area contributed by atoms with E-state index < -0.39 is 6.04 Å². The number of hydrogen-bond acceptors (Lipinski definition) is 8. The molecule has 3 aromatic carbocycles. The van der Waals surface area contributed by atoms with Crippen LogP contribution in [0.25, 0.3) is 27.0 Å². The van der Waals surface area contributed by atoms with Gasteiger partial charge in [0, 0.05) is 55.9 Å². The van der Waals surface area contributed by atoms with Gasteiger partial charge < -0.3 is 15.6 Å². The monoisotopic (exact) mass is 811 g/mol. The second-order valence-corrected chi connectivity index (χ2v) is 16.6. The summed E-state index contributed by atoms with van der Waals surface area (Å²) >= 11 is 7.93. The molecule has 12 nitrogen and oxygen atoms in total. The van der Waals surface area contributed by atoms with Gasteiger partial charge in [0.1, 0.15) is 16.9 Å². The first-order valence-corrected chi connectivity index (χ1v) is 20.2. The van der Waals surface area contributed by atoms with Gasteiger partial charge in [0.15, 0.2) is 5.82 Å². The lowest BCUT2D eigenvalue weighted by Gasteiger charge is -2.14. The summed E-state index contributed by atoms with van der Waals surface area (Å²) in [6.07, 6.45) is 1.74. The number of nitrogens with zero attached hydrogens (tertiary/aromatic N) is 6. The number of rotatable bonds is 9. The van der Waals surface area contributed by atoms with Crippen LogP contribution < -0.4 is 16.2 Å². The number of benzene rings is 3. The van der Waals surface area contributed by atoms with Gasteiger partial charge in [-0.25, -0.2) is 0 Å². The molecule has 0 unspecified atom stereocenters. The molecule has 0 radical (unpaired) electrons. The number of fused-ring (bicyclic) bond motifs is 4. The first kappa shape index (κ1) is 38.7. The highest BCUT2D eigenvalue weighted by Crippen LogP contribution is 2.40. The van der Waals surface area contributed by atoms with E-state index in [9.17, 15) is 14.4 Å². The van der Waals surface area contributed by atoms with E-state index in [2.05, 4.69) is 44.8 Å². The fraction of sp³-hybridized carbons (Fsp3) is 0.250. The Morgan fingerprint density at radius 3 is 2.36 bits per heavy atom. The molecule has 1 aliphatic rings. The first-order chi connectivity index (χ1) is 27.8. The van der Waals surface area contributed by atoms with Crippen LogP contribution in [0.15, 0.2) is 82.7 Å². The maximum absolute atomic E-state index is 13.8. The van der Waals surface area contributed by atoms with E-state index in [0.29, 0.717) is 33.0 Å². The highest BCUT2D eigenvalue weighted by atomic mass is 35.5. The SMILES string of the molecule is Cc1cc(C)c(CNC(=O)c2cc(-c3ccc(NC(=O)C[C@@H]4N=C(c5ccc(Cl)cc5)c5c(sc(C)c5C)-n5c(C)nnc54)cc3)cc3c2cnn3C(C)C)c(=O)[nH]1. The topological polar surface area (TPSA) is 152 Å². The Morgan fingerprint density at radius 1 is 0.931 bits per heavy atom. The van der Waals surface area contributed by atoms with Crippen molar-refractivity contribution >= 4 is 57.1 Å². The van der Waals surface area contributed by atoms with Crippen molar-refractivity contribution in [1.29, 1.82) is 0 Å². The van der Waals surface area contributed by atoms with Gasteiger partial charge in [-0.15, -0.1) is 21.5 Å². The summed E-state index contributed by atoms with van der Waals surface area (Å²) in [6.45, 7) is 13.9. The Bertz CT molecular complexity index is 2850. The first-order valence-electron chi connectivity index (χ1n) is 19.0.